The Labute approximate surface area is 273 Å². The normalized spacial score (nSPS) is 27.6. The van der Waals surface area contributed by atoms with Gasteiger partial charge in [0.15, 0.2) is 0 Å². The summed E-state index contributed by atoms with van der Waals surface area (Å²) in [6.07, 6.45) is 5.77. The predicted octanol–water partition coefficient (Wildman–Crippen LogP) is 5.21. The Hall–Kier alpha value is -2.88. The van der Waals surface area contributed by atoms with Crippen molar-refractivity contribution in [1.82, 2.24) is 14.7 Å². The van der Waals surface area contributed by atoms with Gasteiger partial charge < -0.3 is 19.8 Å². The molecule has 3 aliphatic rings. The summed E-state index contributed by atoms with van der Waals surface area (Å²) in [7, 11) is 0. The van der Waals surface area contributed by atoms with E-state index in [1.54, 1.807) is 38.6 Å². The van der Waals surface area contributed by atoms with Crippen molar-refractivity contribution in [2.24, 2.45) is 11.8 Å². The van der Waals surface area contributed by atoms with E-state index in [1.807, 2.05) is 60.7 Å². The van der Waals surface area contributed by atoms with Crippen molar-refractivity contribution in [2.45, 2.75) is 59.6 Å². The minimum absolute atomic E-state index is 0.0455. The maximum atomic E-state index is 14.8. The first-order valence-electron chi connectivity index (χ1n) is 15.5. The van der Waals surface area contributed by atoms with Crippen molar-refractivity contribution in [3.05, 3.63) is 97.1 Å². The number of halogens is 1. The van der Waals surface area contributed by atoms with Crippen LogP contribution < -0.4 is 0 Å². The van der Waals surface area contributed by atoms with Crippen LogP contribution in [0.2, 0.25) is 0 Å². The highest BCUT2D eigenvalue weighted by Crippen LogP contribution is 2.68. The molecule has 9 heteroatoms. The van der Waals surface area contributed by atoms with E-state index in [0.29, 0.717) is 32.6 Å². The third-order valence-electron chi connectivity index (χ3n) is 9.26. The lowest BCUT2D eigenvalue weighted by Gasteiger charge is -2.40. The lowest BCUT2D eigenvalue weighted by Crippen LogP contribution is -2.56. The van der Waals surface area contributed by atoms with Crippen LogP contribution in [-0.2, 0) is 20.9 Å². The number of aliphatic hydroxyl groups is 1. The van der Waals surface area contributed by atoms with Crippen LogP contribution in [0, 0.1) is 11.8 Å². The van der Waals surface area contributed by atoms with Gasteiger partial charge in [-0.3, -0.25) is 14.4 Å². The second-order valence-electron chi connectivity index (χ2n) is 11.9. The van der Waals surface area contributed by atoms with E-state index in [0.717, 1.165) is 24.0 Å². The zero-order valence-corrected chi connectivity index (χ0v) is 27.7. The number of nitrogens with zero attached hydrogens (tertiary/aromatic N) is 3. The molecule has 234 valence electrons. The smallest absolute Gasteiger partial charge is 0.247 e. The van der Waals surface area contributed by atoms with Crippen LogP contribution in [0.25, 0.3) is 0 Å². The largest absolute Gasteiger partial charge is 0.394 e. The third-order valence-corrected chi connectivity index (χ3v) is 12.5. The lowest BCUT2D eigenvalue weighted by molar-refractivity contribution is -0.147. The van der Waals surface area contributed by atoms with E-state index < -0.39 is 28.7 Å². The number of hydrogen-bond acceptors (Lipinski definition) is 5. The maximum absolute atomic E-state index is 14.8. The van der Waals surface area contributed by atoms with Crippen LogP contribution in [0.1, 0.15) is 43.4 Å². The summed E-state index contributed by atoms with van der Waals surface area (Å²) in [5, 5.41) is 10.6. The predicted molar refractivity (Wildman–Crippen MR) is 179 cm³/mol. The number of carbonyl (C=O) groups is 3. The van der Waals surface area contributed by atoms with Gasteiger partial charge in [-0.2, -0.15) is 0 Å². The molecular weight excluding hydrogens is 638 g/mol. The number of amides is 3. The molecule has 0 aliphatic carbocycles. The van der Waals surface area contributed by atoms with Crippen LogP contribution in [0.5, 0.6) is 0 Å². The number of fused-ring (bicyclic) bond motifs is 1. The van der Waals surface area contributed by atoms with Crippen molar-refractivity contribution in [3.63, 3.8) is 0 Å². The number of hydrogen-bond donors (Lipinski definition) is 1. The summed E-state index contributed by atoms with van der Waals surface area (Å²) in [6, 6.07) is 17.7. The van der Waals surface area contributed by atoms with Crippen LogP contribution >= 0.6 is 27.7 Å². The fourth-order valence-electron chi connectivity index (χ4n) is 7.37. The van der Waals surface area contributed by atoms with Crippen LogP contribution in [0.4, 0.5) is 0 Å². The molecule has 2 aromatic rings. The average molecular weight is 681 g/mol. The third kappa shape index (κ3) is 5.79. The number of likely N-dealkylation sites (tertiary alicyclic amines) is 1. The minimum atomic E-state index is -0.830. The molecule has 0 radical (unpaired) electrons. The van der Waals surface area contributed by atoms with E-state index in [2.05, 4.69) is 36.0 Å². The first-order valence-corrected chi connectivity index (χ1v) is 17.3. The quantitative estimate of drug-likeness (QED) is 0.219. The Kier molecular flexibility index (Phi) is 10.4. The molecule has 3 saturated heterocycles. The molecule has 0 aromatic heterocycles. The standard InChI is InChI=1S/C35H42BrN3O4S/c1-4-7-20-37(18-5-2)34(43)31-35-21-26(36)30(44-35)28(32(41)38(19-6-3)22-24-14-10-8-11-15-24)29(35)33(42)39(31)27(23-40)25-16-12-9-13-17-25/h5-6,8-17,26-31,40H,2-4,7,18-23H2,1H3/t26?,27-,28+,29+,30+,31?,35?/m1/s1. The molecule has 1 spiro atoms. The number of unbranched alkanes of at least 4 members (excludes halogenated alkanes) is 1. The number of rotatable bonds is 14. The first kappa shape index (κ1) is 32.5. The highest BCUT2D eigenvalue weighted by atomic mass is 79.9. The molecule has 3 unspecified atom stereocenters. The molecule has 3 fully saturated rings. The summed E-state index contributed by atoms with van der Waals surface area (Å²) in [5.74, 6) is -1.78. The van der Waals surface area contributed by atoms with Gasteiger partial charge >= 0.3 is 0 Å². The lowest BCUT2D eigenvalue weighted by atomic mass is 9.70. The van der Waals surface area contributed by atoms with Gasteiger partial charge in [0.1, 0.15) is 6.04 Å². The van der Waals surface area contributed by atoms with Gasteiger partial charge in [-0.25, -0.2) is 0 Å². The molecule has 44 heavy (non-hydrogen) atoms. The molecule has 3 aliphatic heterocycles. The minimum Gasteiger partial charge on any atom is -0.394 e. The molecule has 2 bridgehead atoms. The van der Waals surface area contributed by atoms with Crippen LogP contribution in [-0.4, -0.2) is 84.6 Å². The zero-order valence-electron chi connectivity index (χ0n) is 25.3. The SMILES string of the molecule is C=CCN(CCCC)C(=O)C1N([C@H](CO)c2ccccc2)C(=O)[C@@H]2[C@H](C(=O)N(CC=C)Cc3ccccc3)[C@H]3SC12CC3Br. The Morgan fingerprint density at radius 1 is 1.07 bits per heavy atom. The van der Waals surface area contributed by atoms with Crippen molar-refractivity contribution < 1.29 is 19.5 Å². The summed E-state index contributed by atoms with van der Waals surface area (Å²) >= 11 is 5.51. The second kappa shape index (κ2) is 14.0. The van der Waals surface area contributed by atoms with Crippen molar-refractivity contribution in [3.8, 4) is 0 Å². The molecule has 1 N–H and O–H groups in total. The zero-order chi connectivity index (χ0) is 31.4. The molecule has 3 amide bonds. The second-order valence-corrected chi connectivity index (χ2v) is 14.7. The molecule has 3 heterocycles. The van der Waals surface area contributed by atoms with E-state index in [9.17, 15) is 19.5 Å². The average Bonchev–Trinajstić information content (AvgIpc) is 3.63. The van der Waals surface area contributed by atoms with Gasteiger partial charge in [-0.05, 0) is 24.0 Å². The molecule has 5 rings (SSSR count). The Balaban J connectivity index is 1.59. The fraction of sp³-hybridized carbons (Fsp3) is 0.457. The van der Waals surface area contributed by atoms with Crippen molar-refractivity contribution in [2.75, 3.05) is 26.2 Å². The number of alkyl halides is 1. The van der Waals surface area contributed by atoms with E-state index in [4.69, 9.17) is 0 Å². The molecule has 7 atom stereocenters. The van der Waals surface area contributed by atoms with E-state index in [-0.39, 0.29) is 34.4 Å². The van der Waals surface area contributed by atoms with Gasteiger partial charge in [0.2, 0.25) is 17.7 Å². The number of carbonyl (C=O) groups excluding carboxylic acids is 3. The van der Waals surface area contributed by atoms with Gasteiger partial charge in [0.05, 0.1) is 29.2 Å². The van der Waals surface area contributed by atoms with Crippen molar-refractivity contribution >= 4 is 45.4 Å². The Morgan fingerprint density at radius 3 is 2.32 bits per heavy atom. The fourth-order valence-corrected chi connectivity index (χ4v) is 11.0. The van der Waals surface area contributed by atoms with Crippen LogP contribution in [0.15, 0.2) is 86.0 Å². The number of benzene rings is 2. The van der Waals surface area contributed by atoms with Crippen LogP contribution in [0.3, 0.4) is 0 Å². The molecule has 0 saturated carbocycles. The van der Waals surface area contributed by atoms with Gasteiger partial charge in [0, 0.05) is 36.3 Å². The van der Waals surface area contributed by atoms with Gasteiger partial charge in [-0.1, -0.05) is 102 Å². The van der Waals surface area contributed by atoms with Gasteiger partial charge in [-0.15, -0.1) is 24.9 Å². The highest BCUT2D eigenvalue weighted by molar-refractivity contribution is 9.09. The Morgan fingerprint density at radius 2 is 1.70 bits per heavy atom. The summed E-state index contributed by atoms with van der Waals surface area (Å²) in [5.41, 5.74) is 1.76. The highest BCUT2D eigenvalue weighted by Gasteiger charge is 2.76. The topological polar surface area (TPSA) is 81.2 Å². The maximum Gasteiger partial charge on any atom is 0.247 e. The van der Waals surface area contributed by atoms with E-state index in [1.165, 1.54) is 0 Å². The number of aliphatic hydroxyl groups excluding tert-OH is 1. The van der Waals surface area contributed by atoms with Crippen molar-refractivity contribution in [1.29, 1.82) is 0 Å². The summed E-state index contributed by atoms with van der Waals surface area (Å²) in [6.45, 7) is 11.2. The first-order chi connectivity index (χ1) is 21.3. The molecular formula is C35H42BrN3O4S. The monoisotopic (exact) mass is 679 g/mol. The van der Waals surface area contributed by atoms with Gasteiger partial charge in [0.25, 0.3) is 0 Å². The molecule has 2 aromatic carbocycles. The summed E-state index contributed by atoms with van der Waals surface area (Å²) < 4.78 is -0.812. The Bertz CT molecular complexity index is 1360. The number of thioether (sulfide) groups is 1. The molecule has 7 nitrogen and oxygen atoms in total. The summed E-state index contributed by atoms with van der Waals surface area (Å²) in [4.78, 5) is 49.2. The van der Waals surface area contributed by atoms with E-state index >= 15 is 0 Å².